The molecule has 3 rings (SSSR count). The van der Waals surface area contributed by atoms with Gasteiger partial charge in [-0.3, -0.25) is 9.48 Å². The number of aromatic nitrogens is 2. The molecule has 6 heteroatoms. The van der Waals surface area contributed by atoms with Crippen LogP contribution in [0.3, 0.4) is 0 Å². The second kappa shape index (κ2) is 9.08. The fourth-order valence-corrected chi connectivity index (χ4v) is 2.86. The first kappa shape index (κ1) is 19.5. The van der Waals surface area contributed by atoms with Gasteiger partial charge in [-0.1, -0.05) is 24.3 Å². The van der Waals surface area contributed by atoms with E-state index >= 15 is 0 Å². The van der Waals surface area contributed by atoms with E-state index in [-0.39, 0.29) is 5.91 Å². The molecule has 146 valence electrons. The first-order valence-corrected chi connectivity index (χ1v) is 9.39. The lowest BCUT2D eigenvalue weighted by Crippen LogP contribution is -2.13. The first-order valence-electron chi connectivity index (χ1n) is 9.39. The number of anilines is 1. The van der Waals surface area contributed by atoms with Crippen molar-refractivity contribution in [1.29, 1.82) is 0 Å². The summed E-state index contributed by atoms with van der Waals surface area (Å²) in [6.07, 6.45) is 1.85. The molecule has 0 aliphatic heterocycles. The summed E-state index contributed by atoms with van der Waals surface area (Å²) in [5.41, 5.74) is 2.89. The summed E-state index contributed by atoms with van der Waals surface area (Å²) >= 11 is 0. The van der Waals surface area contributed by atoms with E-state index in [1.165, 1.54) is 11.1 Å². The Morgan fingerprint density at radius 1 is 1.04 bits per heavy atom. The van der Waals surface area contributed by atoms with Crippen molar-refractivity contribution in [3.63, 3.8) is 0 Å². The normalized spacial score (nSPS) is 10.5. The number of benzene rings is 2. The van der Waals surface area contributed by atoms with Gasteiger partial charge in [0.05, 0.1) is 19.8 Å². The molecule has 1 heterocycles. The smallest absolute Gasteiger partial charge is 0.257 e. The largest absolute Gasteiger partial charge is 0.490 e. The standard InChI is InChI=1S/C22H25N3O3/c1-4-27-19-11-10-17(14-20(19)28-5-2)22(26)23-21-12-13-25(24-21)15-18-9-7-6-8-16(18)3/h6-14H,4-5,15H2,1-3H3,(H,23,24,26). The number of nitrogens with zero attached hydrogens (tertiary/aromatic N) is 2. The average molecular weight is 379 g/mol. The van der Waals surface area contributed by atoms with Gasteiger partial charge in [-0.2, -0.15) is 5.10 Å². The fourth-order valence-electron chi connectivity index (χ4n) is 2.86. The van der Waals surface area contributed by atoms with Crippen LogP contribution in [0.5, 0.6) is 11.5 Å². The van der Waals surface area contributed by atoms with E-state index in [1.807, 2.05) is 36.9 Å². The Balaban J connectivity index is 1.70. The lowest BCUT2D eigenvalue weighted by atomic mass is 10.1. The van der Waals surface area contributed by atoms with Crippen molar-refractivity contribution in [2.24, 2.45) is 0 Å². The maximum Gasteiger partial charge on any atom is 0.257 e. The van der Waals surface area contributed by atoms with Gasteiger partial charge in [0.2, 0.25) is 0 Å². The monoisotopic (exact) mass is 379 g/mol. The van der Waals surface area contributed by atoms with E-state index in [4.69, 9.17) is 9.47 Å². The van der Waals surface area contributed by atoms with Crippen LogP contribution in [-0.4, -0.2) is 28.9 Å². The number of ether oxygens (including phenoxy) is 2. The van der Waals surface area contributed by atoms with Crippen molar-refractivity contribution in [1.82, 2.24) is 9.78 Å². The van der Waals surface area contributed by atoms with Crippen molar-refractivity contribution in [2.45, 2.75) is 27.3 Å². The van der Waals surface area contributed by atoms with E-state index in [0.29, 0.717) is 42.6 Å². The van der Waals surface area contributed by atoms with Crippen LogP contribution in [0.2, 0.25) is 0 Å². The zero-order chi connectivity index (χ0) is 19.9. The minimum absolute atomic E-state index is 0.245. The van der Waals surface area contributed by atoms with Crippen LogP contribution >= 0.6 is 0 Å². The van der Waals surface area contributed by atoms with Crippen molar-refractivity contribution in [3.8, 4) is 11.5 Å². The maximum absolute atomic E-state index is 12.6. The zero-order valence-corrected chi connectivity index (χ0v) is 16.4. The number of aryl methyl sites for hydroxylation is 1. The van der Waals surface area contributed by atoms with E-state index < -0.39 is 0 Å². The Kier molecular flexibility index (Phi) is 6.32. The molecule has 3 aromatic rings. The summed E-state index contributed by atoms with van der Waals surface area (Å²) in [6.45, 7) is 7.55. The van der Waals surface area contributed by atoms with Gasteiger partial charge in [0, 0.05) is 17.8 Å². The Bertz CT molecular complexity index is 950. The molecule has 0 spiro atoms. The van der Waals surface area contributed by atoms with Crippen molar-refractivity contribution in [2.75, 3.05) is 18.5 Å². The SMILES string of the molecule is CCOc1ccc(C(=O)Nc2ccn(Cc3ccccc3C)n2)cc1OCC. The second-order valence-electron chi connectivity index (χ2n) is 6.31. The number of carbonyl (C=O) groups excluding carboxylic acids is 1. The third-order valence-electron chi connectivity index (χ3n) is 4.28. The Hall–Kier alpha value is -3.28. The average Bonchev–Trinajstić information content (AvgIpc) is 3.12. The molecule has 2 aromatic carbocycles. The highest BCUT2D eigenvalue weighted by molar-refractivity contribution is 6.04. The highest BCUT2D eigenvalue weighted by Gasteiger charge is 2.13. The first-order chi connectivity index (χ1) is 13.6. The number of nitrogens with one attached hydrogen (secondary N) is 1. The summed E-state index contributed by atoms with van der Waals surface area (Å²) in [5.74, 6) is 1.45. The highest BCUT2D eigenvalue weighted by Crippen LogP contribution is 2.28. The number of hydrogen-bond acceptors (Lipinski definition) is 4. The van der Waals surface area contributed by atoms with Crippen molar-refractivity contribution < 1.29 is 14.3 Å². The summed E-state index contributed by atoms with van der Waals surface area (Å²) < 4.78 is 12.9. The number of hydrogen-bond donors (Lipinski definition) is 1. The third-order valence-corrected chi connectivity index (χ3v) is 4.28. The molecule has 0 aliphatic rings. The number of rotatable bonds is 8. The topological polar surface area (TPSA) is 65.4 Å². The summed E-state index contributed by atoms with van der Waals surface area (Å²) in [6, 6.07) is 15.1. The summed E-state index contributed by atoms with van der Waals surface area (Å²) in [7, 11) is 0. The molecule has 1 N–H and O–H groups in total. The molecule has 0 saturated heterocycles. The molecule has 0 bridgehead atoms. The van der Waals surface area contributed by atoms with Gasteiger partial charge < -0.3 is 14.8 Å². The van der Waals surface area contributed by atoms with Crippen LogP contribution in [0.25, 0.3) is 0 Å². The molecule has 1 aromatic heterocycles. The van der Waals surface area contributed by atoms with Crippen LogP contribution in [0, 0.1) is 6.92 Å². The lowest BCUT2D eigenvalue weighted by molar-refractivity contribution is 0.102. The molecule has 28 heavy (non-hydrogen) atoms. The molecule has 0 fully saturated rings. The molecular weight excluding hydrogens is 354 g/mol. The third kappa shape index (κ3) is 4.71. The van der Waals surface area contributed by atoms with E-state index in [1.54, 1.807) is 24.3 Å². The molecule has 0 unspecified atom stereocenters. The van der Waals surface area contributed by atoms with Crippen LogP contribution in [0.15, 0.2) is 54.7 Å². The lowest BCUT2D eigenvalue weighted by Gasteiger charge is -2.12. The Morgan fingerprint density at radius 2 is 1.79 bits per heavy atom. The van der Waals surface area contributed by atoms with Crippen LogP contribution in [0.4, 0.5) is 5.82 Å². The fraction of sp³-hybridized carbons (Fsp3) is 0.273. The Morgan fingerprint density at radius 3 is 2.54 bits per heavy atom. The Labute approximate surface area is 165 Å². The van der Waals surface area contributed by atoms with Gasteiger partial charge in [-0.05, 0) is 50.1 Å². The van der Waals surface area contributed by atoms with E-state index in [0.717, 1.165) is 0 Å². The summed E-state index contributed by atoms with van der Waals surface area (Å²) in [5, 5.41) is 7.28. The van der Waals surface area contributed by atoms with E-state index in [2.05, 4.69) is 29.5 Å². The zero-order valence-electron chi connectivity index (χ0n) is 16.4. The molecule has 0 aliphatic carbocycles. The summed E-state index contributed by atoms with van der Waals surface area (Å²) in [4.78, 5) is 12.6. The van der Waals surface area contributed by atoms with Crippen molar-refractivity contribution in [3.05, 3.63) is 71.4 Å². The van der Waals surface area contributed by atoms with Gasteiger partial charge in [0.1, 0.15) is 0 Å². The predicted molar refractivity (Wildman–Crippen MR) is 109 cm³/mol. The van der Waals surface area contributed by atoms with Gasteiger partial charge >= 0.3 is 0 Å². The van der Waals surface area contributed by atoms with Gasteiger partial charge in [0.25, 0.3) is 5.91 Å². The van der Waals surface area contributed by atoms with Crippen LogP contribution in [0.1, 0.15) is 35.3 Å². The van der Waals surface area contributed by atoms with E-state index in [9.17, 15) is 4.79 Å². The molecule has 1 amide bonds. The minimum atomic E-state index is -0.245. The molecule has 0 saturated carbocycles. The molecule has 6 nitrogen and oxygen atoms in total. The molecule has 0 radical (unpaired) electrons. The maximum atomic E-state index is 12.6. The second-order valence-corrected chi connectivity index (χ2v) is 6.31. The number of amides is 1. The van der Waals surface area contributed by atoms with Gasteiger partial charge in [-0.25, -0.2) is 0 Å². The molecule has 0 atom stereocenters. The predicted octanol–water partition coefficient (Wildman–Crippen LogP) is 4.29. The highest BCUT2D eigenvalue weighted by atomic mass is 16.5. The van der Waals surface area contributed by atoms with Crippen molar-refractivity contribution >= 4 is 11.7 Å². The van der Waals surface area contributed by atoms with Gasteiger partial charge in [-0.15, -0.1) is 0 Å². The van der Waals surface area contributed by atoms with Crippen LogP contribution in [-0.2, 0) is 6.54 Å². The quantitative estimate of drug-likeness (QED) is 0.634. The molecular formula is C22H25N3O3. The number of carbonyl (C=O) groups is 1. The van der Waals surface area contributed by atoms with Gasteiger partial charge in [0.15, 0.2) is 17.3 Å². The minimum Gasteiger partial charge on any atom is -0.490 e. The van der Waals surface area contributed by atoms with Crippen LogP contribution < -0.4 is 14.8 Å².